The third-order valence-corrected chi connectivity index (χ3v) is 4.52. The van der Waals surface area contributed by atoms with E-state index in [0.29, 0.717) is 5.82 Å². The van der Waals surface area contributed by atoms with E-state index in [9.17, 15) is 5.11 Å². The van der Waals surface area contributed by atoms with Gasteiger partial charge in [-0.1, -0.05) is 12.1 Å². The molecular formula is C16H19N3O2S. The van der Waals surface area contributed by atoms with Crippen LogP contribution in [0.2, 0.25) is 0 Å². The molecule has 1 saturated heterocycles. The van der Waals surface area contributed by atoms with Crippen molar-refractivity contribution in [3.8, 4) is 17.1 Å². The highest BCUT2D eigenvalue weighted by Gasteiger charge is 2.20. The van der Waals surface area contributed by atoms with E-state index in [-0.39, 0.29) is 5.75 Å². The van der Waals surface area contributed by atoms with Gasteiger partial charge in [0.2, 0.25) is 0 Å². The molecule has 22 heavy (non-hydrogen) atoms. The number of aryl methyl sites for hydroxylation is 1. The Labute approximate surface area is 134 Å². The van der Waals surface area contributed by atoms with E-state index in [1.807, 2.05) is 19.2 Å². The minimum absolute atomic E-state index is 0.223. The number of nitrogens with zero attached hydrogens (tertiary/aromatic N) is 3. The number of thioether (sulfide) groups is 1. The minimum Gasteiger partial charge on any atom is -0.508 e. The number of ether oxygens (including phenoxy) is 1. The predicted octanol–water partition coefficient (Wildman–Crippen LogP) is 2.72. The monoisotopic (exact) mass is 317 g/mol. The quantitative estimate of drug-likeness (QED) is 0.879. The molecule has 0 unspecified atom stereocenters. The number of hydrogen-bond donors (Lipinski definition) is 1. The summed E-state index contributed by atoms with van der Waals surface area (Å²) in [5.41, 5.74) is 1.78. The van der Waals surface area contributed by atoms with Gasteiger partial charge in [0.25, 0.3) is 0 Å². The van der Waals surface area contributed by atoms with Gasteiger partial charge in [0.05, 0.1) is 23.8 Å². The van der Waals surface area contributed by atoms with Gasteiger partial charge in [-0.25, -0.2) is 9.97 Å². The average Bonchev–Trinajstić information content (AvgIpc) is 2.55. The summed E-state index contributed by atoms with van der Waals surface area (Å²) in [4.78, 5) is 12.7. The van der Waals surface area contributed by atoms with E-state index < -0.39 is 0 Å². The summed E-state index contributed by atoms with van der Waals surface area (Å²) in [6, 6.07) is 7.06. The Morgan fingerprint density at radius 2 is 2.00 bits per heavy atom. The van der Waals surface area contributed by atoms with Crippen molar-refractivity contribution in [3.05, 3.63) is 30.0 Å². The first kappa shape index (κ1) is 15.1. The second-order valence-electron chi connectivity index (χ2n) is 5.14. The number of morpholine rings is 1. The van der Waals surface area contributed by atoms with Gasteiger partial charge in [-0.2, -0.15) is 0 Å². The first-order chi connectivity index (χ1) is 10.7. The topological polar surface area (TPSA) is 58.5 Å². The Bertz CT molecular complexity index is 672. The summed E-state index contributed by atoms with van der Waals surface area (Å²) in [6.07, 6.45) is 2.05. The van der Waals surface area contributed by atoms with Crippen molar-refractivity contribution in [2.45, 2.75) is 11.8 Å². The fourth-order valence-corrected chi connectivity index (χ4v) is 3.25. The number of rotatable bonds is 3. The molecule has 0 bridgehead atoms. The molecule has 1 fully saturated rings. The maximum atomic E-state index is 9.68. The van der Waals surface area contributed by atoms with Crippen molar-refractivity contribution in [1.82, 2.24) is 9.97 Å². The lowest BCUT2D eigenvalue weighted by atomic mass is 10.2. The van der Waals surface area contributed by atoms with Crippen LogP contribution in [0.1, 0.15) is 5.69 Å². The molecule has 0 atom stereocenters. The van der Waals surface area contributed by atoms with Crippen LogP contribution in [-0.4, -0.2) is 47.6 Å². The number of benzene rings is 1. The molecule has 5 nitrogen and oxygen atoms in total. The molecule has 0 saturated carbocycles. The standard InChI is InChI=1S/C16H19N3O2S/c1-11-14(22-2)16(19-6-8-21-9-7-19)18-15(17-11)12-4-3-5-13(20)10-12/h3-5,10,20H,6-9H2,1-2H3. The lowest BCUT2D eigenvalue weighted by Crippen LogP contribution is -2.37. The molecule has 3 rings (SSSR count). The smallest absolute Gasteiger partial charge is 0.161 e. The molecule has 0 spiro atoms. The van der Waals surface area contributed by atoms with Gasteiger partial charge in [-0.15, -0.1) is 11.8 Å². The molecule has 0 radical (unpaired) electrons. The van der Waals surface area contributed by atoms with E-state index in [1.165, 1.54) is 0 Å². The molecule has 6 heteroatoms. The van der Waals surface area contributed by atoms with Crippen molar-refractivity contribution in [2.24, 2.45) is 0 Å². The van der Waals surface area contributed by atoms with Crippen LogP contribution < -0.4 is 4.90 Å². The van der Waals surface area contributed by atoms with Gasteiger partial charge in [0.15, 0.2) is 5.82 Å². The Morgan fingerprint density at radius 1 is 1.23 bits per heavy atom. The molecular weight excluding hydrogens is 298 g/mol. The second kappa shape index (κ2) is 6.54. The molecule has 0 aliphatic carbocycles. The Kier molecular flexibility index (Phi) is 4.49. The minimum atomic E-state index is 0.223. The number of hydrogen-bond acceptors (Lipinski definition) is 6. The molecule has 1 N–H and O–H groups in total. The number of anilines is 1. The summed E-state index contributed by atoms with van der Waals surface area (Å²) in [6.45, 7) is 5.12. The average molecular weight is 317 g/mol. The van der Waals surface area contributed by atoms with E-state index in [2.05, 4.69) is 9.88 Å². The summed E-state index contributed by atoms with van der Waals surface area (Å²) < 4.78 is 5.43. The number of aromatic hydroxyl groups is 1. The largest absolute Gasteiger partial charge is 0.508 e. The van der Waals surface area contributed by atoms with Crippen molar-refractivity contribution < 1.29 is 9.84 Å². The summed E-state index contributed by atoms with van der Waals surface area (Å²) >= 11 is 1.67. The number of aromatic nitrogens is 2. The Hall–Kier alpha value is -1.79. The molecule has 1 aromatic heterocycles. The number of phenols is 1. The van der Waals surface area contributed by atoms with Crippen molar-refractivity contribution in [2.75, 3.05) is 37.5 Å². The maximum Gasteiger partial charge on any atom is 0.161 e. The van der Waals surface area contributed by atoms with Gasteiger partial charge in [0.1, 0.15) is 11.6 Å². The number of phenolic OH excluding ortho intramolecular Hbond substituents is 1. The van der Waals surface area contributed by atoms with Crippen LogP contribution in [0.4, 0.5) is 5.82 Å². The van der Waals surface area contributed by atoms with E-state index in [4.69, 9.17) is 9.72 Å². The third kappa shape index (κ3) is 3.03. The highest BCUT2D eigenvalue weighted by Crippen LogP contribution is 2.32. The van der Waals surface area contributed by atoms with E-state index >= 15 is 0 Å². The first-order valence-corrected chi connectivity index (χ1v) is 8.46. The molecule has 2 aromatic rings. The lowest BCUT2D eigenvalue weighted by Gasteiger charge is -2.29. The zero-order chi connectivity index (χ0) is 15.5. The van der Waals surface area contributed by atoms with Crippen LogP contribution in [0.3, 0.4) is 0 Å². The third-order valence-electron chi connectivity index (χ3n) is 3.64. The fraction of sp³-hybridized carbons (Fsp3) is 0.375. The highest BCUT2D eigenvalue weighted by molar-refractivity contribution is 7.98. The van der Waals surface area contributed by atoms with Crippen molar-refractivity contribution in [1.29, 1.82) is 0 Å². The fourth-order valence-electron chi connectivity index (χ4n) is 2.55. The van der Waals surface area contributed by atoms with Crippen LogP contribution in [-0.2, 0) is 4.74 Å². The normalized spacial score (nSPS) is 15.1. The van der Waals surface area contributed by atoms with Crippen LogP contribution in [0.5, 0.6) is 5.75 Å². The van der Waals surface area contributed by atoms with Crippen LogP contribution in [0.25, 0.3) is 11.4 Å². The van der Waals surface area contributed by atoms with Gasteiger partial charge < -0.3 is 14.7 Å². The van der Waals surface area contributed by atoms with E-state index in [1.54, 1.807) is 30.0 Å². The Balaban J connectivity index is 2.07. The summed E-state index contributed by atoms with van der Waals surface area (Å²) in [5, 5.41) is 9.68. The molecule has 2 heterocycles. The SMILES string of the molecule is CSc1c(C)nc(-c2cccc(O)c2)nc1N1CCOCC1. The van der Waals surface area contributed by atoms with Gasteiger partial charge in [-0.3, -0.25) is 0 Å². The highest BCUT2D eigenvalue weighted by atomic mass is 32.2. The predicted molar refractivity (Wildman–Crippen MR) is 88.7 cm³/mol. The van der Waals surface area contributed by atoms with Gasteiger partial charge in [-0.05, 0) is 25.3 Å². The first-order valence-electron chi connectivity index (χ1n) is 7.24. The molecule has 1 aromatic carbocycles. The van der Waals surface area contributed by atoms with Crippen molar-refractivity contribution in [3.63, 3.8) is 0 Å². The Morgan fingerprint density at radius 3 is 2.68 bits per heavy atom. The lowest BCUT2D eigenvalue weighted by molar-refractivity contribution is 0.122. The molecule has 116 valence electrons. The maximum absolute atomic E-state index is 9.68. The summed E-state index contributed by atoms with van der Waals surface area (Å²) in [7, 11) is 0. The molecule has 1 aliphatic rings. The van der Waals surface area contributed by atoms with E-state index in [0.717, 1.165) is 48.3 Å². The van der Waals surface area contributed by atoms with Crippen LogP contribution in [0.15, 0.2) is 29.2 Å². The van der Waals surface area contributed by atoms with Gasteiger partial charge >= 0.3 is 0 Å². The molecule has 0 amide bonds. The van der Waals surface area contributed by atoms with Crippen molar-refractivity contribution >= 4 is 17.6 Å². The zero-order valence-electron chi connectivity index (χ0n) is 12.7. The van der Waals surface area contributed by atoms with Gasteiger partial charge in [0, 0.05) is 18.7 Å². The molecule has 1 aliphatic heterocycles. The second-order valence-corrected chi connectivity index (χ2v) is 5.96. The van der Waals surface area contributed by atoms with Crippen LogP contribution in [0, 0.1) is 6.92 Å². The zero-order valence-corrected chi connectivity index (χ0v) is 13.6. The summed E-state index contributed by atoms with van der Waals surface area (Å²) in [5.74, 6) is 1.83. The van der Waals surface area contributed by atoms with Crippen LogP contribution >= 0.6 is 11.8 Å².